The Morgan fingerprint density at radius 2 is 1.67 bits per heavy atom. The Labute approximate surface area is 164 Å². The van der Waals surface area contributed by atoms with Gasteiger partial charge in [-0.15, -0.1) is 0 Å². The van der Waals surface area contributed by atoms with Crippen molar-refractivity contribution >= 4 is 17.5 Å². The molecule has 0 spiro atoms. The molecule has 2 aliphatic rings. The summed E-state index contributed by atoms with van der Waals surface area (Å²) in [7, 11) is 0. The fraction of sp³-hybridized carbons (Fsp3) is 0.688. The molecule has 1 saturated carbocycles. The van der Waals surface area contributed by atoms with Crippen LogP contribution >= 0.6 is 0 Å². The average Bonchev–Trinajstić information content (AvgIpc) is 2.57. The number of alkyl halides is 7. The van der Waals surface area contributed by atoms with Crippen molar-refractivity contribution in [3.05, 3.63) is 11.7 Å². The quantitative estimate of drug-likeness (QED) is 0.594. The topological polar surface area (TPSA) is 83.0 Å². The third-order valence-corrected chi connectivity index (χ3v) is 4.80. The maximum absolute atomic E-state index is 14.3. The van der Waals surface area contributed by atoms with Gasteiger partial charge in [-0.05, 0) is 13.3 Å². The van der Waals surface area contributed by atoms with Crippen LogP contribution in [-0.2, 0) is 0 Å². The molecule has 2 aliphatic carbocycles. The Hall–Kier alpha value is -2.25. The van der Waals surface area contributed by atoms with E-state index in [0.717, 1.165) is 6.92 Å². The van der Waals surface area contributed by atoms with Gasteiger partial charge in [0.25, 0.3) is 11.8 Å². The van der Waals surface area contributed by atoms with E-state index in [2.05, 4.69) is 20.3 Å². The number of aliphatic hydroxyl groups is 1. The Morgan fingerprint density at radius 1 is 1.07 bits per heavy atom. The summed E-state index contributed by atoms with van der Waals surface area (Å²) in [5.74, 6) is -9.93. The van der Waals surface area contributed by atoms with Gasteiger partial charge in [-0.1, -0.05) is 0 Å². The molecule has 6 nitrogen and oxygen atoms in total. The molecule has 1 fully saturated rings. The molecule has 14 heteroatoms. The van der Waals surface area contributed by atoms with E-state index >= 15 is 0 Å². The molecule has 1 aromatic heterocycles. The van der Waals surface area contributed by atoms with Crippen molar-refractivity contribution in [2.24, 2.45) is 0 Å². The number of nitrogens with one attached hydrogen (secondary N) is 2. The zero-order valence-corrected chi connectivity index (χ0v) is 15.4. The maximum atomic E-state index is 14.3. The first-order valence-corrected chi connectivity index (χ1v) is 8.86. The molecule has 0 aromatic carbocycles. The van der Waals surface area contributed by atoms with E-state index in [0.29, 0.717) is 0 Å². The van der Waals surface area contributed by atoms with Crippen LogP contribution in [0.1, 0.15) is 38.4 Å². The number of aliphatic hydroxyl groups excluding tert-OH is 1. The number of allylic oxidation sites excluding steroid dienone is 1. The first-order chi connectivity index (χ1) is 13.7. The van der Waals surface area contributed by atoms with Crippen LogP contribution in [0.3, 0.4) is 0 Å². The molecule has 0 bridgehead atoms. The van der Waals surface area contributed by atoms with E-state index in [9.17, 15) is 40.2 Å². The number of nitrogens with zero attached hydrogens (tertiary/aromatic N) is 3. The van der Waals surface area contributed by atoms with Gasteiger partial charge in [0.1, 0.15) is 11.9 Å². The second-order valence-electron chi connectivity index (χ2n) is 7.31. The molecule has 0 saturated heterocycles. The predicted octanol–water partition coefficient (Wildman–Crippen LogP) is 3.91. The number of hydrogen-bond donors (Lipinski definition) is 3. The Balaban J connectivity index is 1.94. The number of anilines is 2. The SMILES string of the molecule is C[C@@H](Nc1nc(NC2CC(F)(F)C2)nc(C2=C(F)C(O)C(F)(F)CC2)n1)C(F)(F)F. The summed E-state index contributed by atoms with van der Waals surface area (Å²) >= 11 is 0. The highest BCUT2D eigenvalue weighted by Crippen LogP contribution is 2.42. The molecule has 1 heterocycles. The minimum absolute atomic E-state index is 0.426. The van der Waals surface area contributed by atoms with Gasteiger partial charge in [0.2, 0.25) is 11.9 Å². The number of hydrogen-bond acceptors (Lipinski definition) is 6. The molecule has 168 valence electrons. The highest BCUT2D eigenvalue weighted by atomic mass is 19.4. The van der Waals surface area contributed by atoms with Crippen molar-refractivity contribution in [2.45, 2.75) is 68.8 Å². The van der Waals surface area contributed by atoms with Gasteiger partial charge in [0.15, 0.2) is 11.9 Å². The van der Waals surface area contributed by atoms with Crippen LogP contribution in [0.25, 0.3) is 5.57 Å². The second kappa shape index (κ2) is 7.46. The largest absolute Gasteiger partial charge is 0.408 e. The lowest BCUT2D eigenvalue weighted by molar-refractivity contribution is -0.138. The summed E-state index contributed by atoms with van der Waals surface area (Å²) in [6.45, 7) is 0.758. The summed E-state index contributed by atoms with van der Waals surface area (Å²) in [6.07, 6.45) is -10.1. The van der Waals surface area contributed by atoms with Gasteiger partial charge < -0.3 is 15.7 Å². The molecule has 1 aromatic rings. The van der Waals surface area contributed by atoms with Crippen LogP contribution in [0.2, 0.25) is 0 Å². The fourth-order valence-corrected chi connectivity index (χ4v) is 2.98. The van der Waals surface area contributed by atoms with Crippen LogP contribution in [0.15, 0.2) is 5.83 Å². The van der Waals surface area contributed by atoms with Crippen LogP contribution in [0.4, 0.5) is 47.0 Å². The van der Waals surface area contributed by atoms with Crippen molar-refractivity contribution in [3.63, 3.8) is 0 Å². The van der Waals surface area contributed by atoms with Gasteiger partial charge in [0.05, 0.1) is 0 Å². The van der Waals surface area contributed by atoms with Gasteiger partial charge in [0, 0.05) is 30.9 Å². The van der Waals surface area contributed by atoms with Crippen molar-refractivity contribution in [3.8, 4) is 0 Å². The summed E-state index contributed by atoms with van der Waals surface area (Å²) in [5.41, 5.74) is -0.527. The fourth-order valence-electron chi connectivity index (χ4n) is 2.98. The third kappa shape index (κ3) is 4.73. The van der Waals surface area contributed by atoms with Gasteiger partial charge in [-0.25, -0.2) is 22.0 Å². The molecular formula is C16H17F8N5O. The molecule has 0 aliphatic heterocycles. The summed E-state index contributed by atoms with van der Waals surface area (Å²) in [6, 6.07) is -2.92. The zero-order chi connectivity index (χ0) is 22.5. The average molecular weight is 447 g/mol. The molecule has 0 radical (unpaired) electrons. The minimum atomic E-state index is -4.69. The zero-order valence-electron chi connectivity index (χ0n) is 15.4. The third-order valence-electron chi connectivity index (χ3n) is 4.80. The van der Waals surface area contributed by atoms with Crippen LogP contribution in [-0.4, -0.2) is 56.3 Å². The summed E-state index contributed by atoms with van der Waals surface area (Å²) in [4.78, 5) is 11.1. The lowest BCUT2D eigenvalue weighted by Gasteiger charge is -2.35. The van der Waals surface area contributed by atoms with E-state index in [4.69, 9.17) is 0 Å². The first-order valence-electron chi connectivity index (χ1n) is 8.86. The Morgan fingerprint density at radius 3 is 2.23 bits per heavy atom. The van der Waals surface area contributed by atoms with E-state index in [1.54, 1.807) is 0 Å². The second-order valence-corrected chi connectivity index (χ2v) is 7.31. The van der Waals surface area contributed by atoms with Crippen molar-refractivity contribution < 1.29 is 40.2 Å². The molecule has 1 unspecified atom stereocenters. The molecule has 3 N–H and O–H groups in total. The monoisotopic (exact) mass is 447 g/mol. The molecule has 3 rings (SSSR count). The highest BCUT2D eigenvalue weighted by molar-refractivity contribution is 5.66. The lowest BCUT2D eigenvalue weighted by Crippen LogP contribution is -2.44. The molecular weight excluding hydrogens is 430 g/mol. The number of aromatic nitrogens is 3. The van der Waals surface area contributed by atoms with Crippen LogP contribution < -0.4 is 10.6 Å². The van der Waals surface area contributed by atoms with Crippen LogP contribution in [0.5, 0.6) is 0 Å². The summed E-state index contributed by atoms with van der Waals surface area (Å²) in [5, 5.41) is 13.9. The Kier molecular flexibility index (Phi) is 5.58. The van der Waals surface area contributed by atoms with Gasteiger partial charge in [-0.3, -0.25) is 0 Å². The molecule has 30 heavy (non-hydrogen) atoms. The van der Waals surface area contributed by atoms with Crippen LogP contribution in [0, 0.1) is 0 Å². The van der Waals surface area contributed by atoms with E-state index in [1.807, 2.05) is 5.32 Å². The van der Waals surface area contributed by atoms with Crippen molar-refractivity contribution in [2.75, 3.05) is 10.6 Å². The van der Waals surface area contributed by atoms with Gasteiger partial charge >= 0.3 is 6.18 Å². The minimum Gasteiger partial charge on any atom is -0.380 e. The summed E-state index contributed by atoms with van der Waals surface area (Å²) < 4.78 is 106. The van der Waals surface area contributed by atoms with E-state index in [1.165, 1.54) is 0 Å². The van der Waals surface area contributed by atoms with Gasteiger partial charge in [-0.2, -0.15) is 28.1 Å². The Bertz CT molecular complexity index is 835. The number of rotatable bonds is 5. The number of halogens is 8. The molecule has 2 atom stereocenters. The smallest absolute Gasteiger partial charge is 0.380 e. The maximum Gasteiger partial charge on any atom is 0.408 e. The standard InChI is InChI=1S/C16H17F8N5O/c1-6(16(22,23)24)25-12-27-11(8-2-3-15(20,21)10(30)9(8)17)28-13(29-12)26-7-4-14(18,19)5-7/h6-7,10,30H,2-5H2,1H3,(H2,25,26,27,28,29)/t6-,10?/m1/s1. The first kappa shape index (κ1) is 22.4. The van der Waals surface area contributed by atoms with E-state index < -0.39 is 91.0 Å². The predicted molar refractivity (Wildman–Crippen MR) is 88.8 cm³/mol. The highest BCUT2D eigenvalue weighted by Gasteiger charge is 2.47. The van der Waals surface area contributed by atoms with Crippen molar-refractivity contribution in [1.82, 2.24) is 15.0 Å². The van der Waals surface area contributed by atoms with E-state index in [-0.39, 0.29) is 0 Å². The molecule has 0 amide bonds. The van der Waals surface area contributed by atoms with Crippen molar-refractivity contribution in [1.29, 1.82) is 0 Å². The lowest BCUT2D eigenvalue weighted by atomic mass is 9.88. The normalized spacial score (nSPS) is 24.9.